The zero-order valence-corrected chi connectivity index (χ0v) is 9.75. The molecule has 0 aliphatic heterocycles. The van der Waals surface area contributed by atoms with Crippen LogP contribution in [0.3, 0.4) is 0 Å². The average molecular weight is 267 g/mol. The minimum atomic E-state index is -4.08. The van der Waals surface area contributed by atoms with Gasteiger partial charge in [-0.25, -0.2) is 0 Å². The van der Waals surface area contributed by atoms with Crippen LogP contribution in [-0.4, -0.2) is 32.6 Å². The smallest absolute Gasteiger partial charge is 0.388 e. The summed E-state index contributed by atoms with van der Waals surface area (Å²) in [5.74, 6) is 0. The second kappa shape index (κ2) is 6.20. The Kier molecular flexibility index (Phi) is 5.64. The number of hydrogen-bond acceptors (Lipinski definition) is 6. The van der Waals surface area contributed by atoms with E-state index in [2.05, 4.69) is 5.32 Å². The molecular formula is C7H9NO6S2. The first-order valence-electron chi connectivity index (χ1n) is 3.79. The first kappa shape index (κ1) is 14.6. The zero-order chi connectivity index (χ0) is 12.8. The third-order valence-corrected chi connectivity index (χ3v) is 2.27. The van der Waals surface area contributed by atoms with E-state index in [9.17, 15) is 8.42 Å². The molecule has 0 spiro atoms. The van der Waals surface area contributed by atoms with Gasteiger partial charge in [-0.05, 0) is 18.2 Å². The summed E-state index contributed by atoms with van der Waals surface area (Å²) in [6.45, 7) is 0. The largest absolute Gasteiger partial charge is 0.425 e. The molecule has 0 amide bonds. The van der Waals surface area contributed by atoms with E-state index >= 15 is 0 Å². The zero-order valence-electron chi connectivity index (χ0n) is 8.11. The van der Waals surface area contributed by atoms with Gasteiger partial charge in [0.15, 0.2) is 0 Å². The first-order chi connectivity index (χ1) is 7.27. The molecule has 2 N–H and O–H groups in total. The lowest BCUT2D eigenvalue weighted by Gasteiger charge is -2.00. The number of nitrogens with one attached hydrogen (secondary N) is 1. The lowest BCUT2D eigenvalue weighted by molar-refractivity contribution is 0.483. The van der Waals surface area contributed by atoms with Gasteiger partial charge in [0.25, 0.3) is 10.1 Å². The van der Waals surface area contributed by atoms with Gasteiger partial charge in [-0.2, -0.15) is 8.42 Å². The normalized spacial score (nSPS) is 9.88. The molecule has 9 heteroatoms. The molecule has 0 aromatic heterocycles. The minimum absolute atomic E-state index is 0.102. The summed E-state index contributed by atoms with van der Waals surface area (Å²) in [6, 6.07) is 5.94. The molecule has 0 fully saturated rings. The second-order valence-corrected chi connectivity index (χ2v) is 4.29. The van der Waals surface area contributed by atoms with Crippen molar-refractivity contribution in [3.8, 4) is 0 Å². The molecule has 0 saturated carbocycles. The van der Waals surface area contributed by atoms with Crippen LogP contribution in [0.15, 0.2) is 29.2 Å². The molecule has 0 radical (unpaired) electrons. The molecule has 7 nitrogen and oxygen atoms in total. The van der Waals surface area contributed by atoms with Crippen molar-refractivity contribution in [2.45, 2.75) is 4.90 Å². The summed E-state index contributed by atoms with van der Waals surface area (Å²) in [5.41, 5.74) is 0.644. The van der Waals surface area contributed by atoms with E-state index in [-0.39, 0.29) is 4.90 Å². The van der Waals surface area contributed by atoms with Gasteiger partial charge in [0.2, 0.25) is 0 Å². The van der Waals surface area contributed by atoms with Crippen molar-refractivity contribution >= 4 is 26.4 Å². The number of benzene rings is 1. The molecular weight excluding hydrogens is 258 g/mol. The summed E-state index contributed by atoms with van der Waals surface area (Å²) in [6.07, 6.45) is 0. The molecule has 16 heavy (non-hydrogen) atoms. The Morgan fingerprint density at radius 2 is 1.75 bits per heavy atom. The third-order valence-electron chi connectivity index (χ3n) is 1.42. The number of anilines is 1. The van der Waals surface area contributed by atoms with Crippen LogP contribution < -0.4 is 5.32 Å². The molecule has 0 aliphatic carbocycles. The van der Waals surface area contributed by atoms with E-state index in [0.717, 1.165) is 0 Å². The Morgan fingerprint density at radius 3 is 2.12 bits per heavy atom. The van der Waals surface area contributed by atoms with Crippen molar-refractivity contribution in [3.05, 3.63) is 24.3 Å². The second-order valence-electron chi connectivity index (χ2n) is 2.46. The van der Waals surface area contributed by atoms with Crippen LogP contribution in [0.4, 0.5) is 5.69 Å². The van der Waals surface area contributed by atoms with Crippen LogP contribution in [0.25, 0.3) is 0 Å². The maximum atomic E-state index is 10.6. The van der Waals surface area contributed by atoms with Crippen molar-refractivity contribution in [2.24, 2.45) is 0 Å². The Balaban J connectivity index is 0.000000487. The number of hydrogen-bond donors (Lipinski definition) is 2. The van der Waals surface area contributed by atoms with Crippen molar-refractivity contribution in [1.82, 2.24) is 0 Å². The summed E-state index contributed by atoms with van der Waals surface area (Å²) in [5, 5.41) is 2.76. The summed E-state index contributed by atoms with van der Waals surface area (Å²) < 4.78 is 55.2. The quantitative estimate of drug-likeness (QED) is 0.722. The fourth-order valence-corrected chi connectivity index (χ4v) is 1.34. The molecule has 1 rings (SSSR count). The first-order valence-corrected chi connectivity index (χ1v) is 6.23. The van der Waals surface area contributed by atoms with Crippen LogP contribution in [-0.2, 0) is 20.7 Å². The monoisotopic (exact) mass is 267 g/mol. The van der Waals surface area contributed by atoms with E-state index < -0.39 is 20.7 Å². The van der Waals surface area contributed by atoms with Crippen LogP contribution in [0.1, 0.15) is 0 Å². The van der Waals surface area contributed by atoms with Gasteiger partial charge in [-0.3, -0.25) is 4.55 Å². The summed E-state index contributed by atoms with van der Waals surface area (Å²) in [4.78, 5) is -0.102. The molecule has 0 saturated heterocycles. The highest BCUT2D eigenvalue weighted by Crippen LogP contribution is 2.13. The average Bonchev–Trinajstić information content (AvgIpc) is 2.16. The van der Waals surface area contributed by atoms with Crippen molar-refractivity contribution < 1.29 is 25.6 Å². The number of rotatable bonds is 2. The van der Waals surface area contributed by atoms with E-state index in [1.54, 1.807) is 19.2 Å². The topological polar surface area (TPSA) is 118 Å². The fraction of sp³-hybridized carbons (Fsp3) is 0.143. The van der Waals surface area contributed by atoms with Crippen LogP contribution in [0.2, 0.25) is 0 Å². The van der Waals surface area contributed by atoms with Gasteiger partial charge < -0.3 is 5.32 Å². The van der Waals surface area contributed by atoms with E-state index in [1.165, 1.54) is 12.1 Å². The Labute approximate surface area is 93.9 Å². The van der Waals surface area contributed by atoms with Gasteiger partial charge in [0.05, 0.1) is 4.90 Å². The fourth-order valence-electron chi connectivity index (χ4n) is 0.812. The van der Waals surface area contributed by atoms with E-state index in [4.69, 9.17) is 17.2 Å². The molecule has 1 aromatic carbocycles. The van der Waals surface area contributed by atoms with Crippen molar-refractivity contribution in [1.29, 1.82) is 0 Å². The highest BCUT2D eigenvalue weighted by atomic mass is 32.2. The van der Waals surface area contributed by atoms with Crippen molar-refractivity contribution in [2.75, 3.05) is 12.4 Å². The lowest BCUT2D eigenvalue weighted by Crippen LogP contribution is -1.98. The highest BCUT2D eigenvalue weighted by molar-refractivity contribution is 7.85. The maximum Gasteiger partial charge on any atom is 0.425 e. The molecule has 0 bridgehead atoms. The van der Waals surface area contributed by atoms with Crippen molar-refractivity contribution in [3.63, 3.8) is 0 Å². The molecule has 0 atom stereocenters. The standard InChI is InChI=1S/C7H9NO3S.O3S/c1-8-6-3-2-4-7(5-6)12(9,10)11;1-4(2)3/h2-5,8H,1H3,(H,9,10,11);. The predicted molar refractivity (Wildman–Crippen MR) is 55.5 cm³/mol. The highest BCUT2D eigenvalue weighted by Gasteiger charge is 2.08. The van der Waals surface area contributed by atoms with Crippen LogP contribution in [0, 0.1) is 0 Å². The van der Waals surface area contributed by atoms with E-state index in [1.807, 2.05) is 0 Å². The van der Waals surface area contributed by atoms with E-state index in [0.29, 0.717) is 5.69 Å². The van der Waals surface area contributed by atoms with Gasteiger partial charge in [-0.1, -0.05) is 6.07 Å². The Bertz CT molecular complexity index is 541. The van der Waals surface area contributed by atoms with Gasteiger partial charge in [-0.15, -0.1) is 12.6 Å². The predicted octanol–water partition coefficient (Wildman–Crippen LogP) is -0.0291. The third kappa shape index (κ3) is 6.11. The Morgan fingerprint density at radius 1 is 1.25 bits per heavy atom. The molecule has 0 heterocycles. The maximum absolute atomic E-state index is 10.6. The van der Waals surface area contributed by atoms with Crippen LogP contribution >= 0.6 is 0 Å². The SMILES string of the molecule is CNc1cccc(S(=O)(=O)O)c1.O=S(=O)=O. The van der Waals surface area contributed by atoms with Gasteiger partial charge in [0, 0.05) is 12.7 Å². The molecule has 90 valence electrons. The van der Waals surface area contributed by atoms with Crippen LogP contribution in [0.5, 0.6) is 0 Å². The molecule has 0 unspecified atom stereocenters. The van der Waals surface area contributed by atoms with Gasteiger partial charge in [0.1, 0.15) is 0 Å². The molecule has 0 aliphatic rings. The Hall–Kier alpha value is -1.45. The lowest BCUT2D eigenvalue weighted by atomic mass is 10.3. The molecule has 1 aromatic rings. The van der Waals surface area contributed by atoms with Gasteiger partial charge >= 0.3 is 10.6 Å². The summed E-state index contributed by atoms with van der Waals surface area (Å²) >= 11 is 0. The minimum Gasteiger partial charge on any atom is -0.388 e. The summed E-state index contributed by atoms with van der Waals surface area (Å²) in [7, 11) is -5.52.